The van der Waals surface area contributed by atoms with Gasteiger partial charge in [-0.1, -0.05) is 168 Å². The highest BCUT2D eigenvalue weighted by Crippen LogP contribution is 2.39. The first-order valence-corrected chi connectivity index (χ1v) is 39.7. The summed E-state index contributed by atoms with van der Waals surface area (Å²) in [6.45, 7) is -3.99. The number of hydrogen-bond acceptors (Lipinski definition) is 34. The number of nitrogens with one attached hydrogen (secondary N) is 2. The summed E-state index contributed by atoms with van der Waals surface area (Å²) in [5, 5.41) is 174. The molecule has 38 heteroatoms. The normalized spacial score (nSPS) is 36.1. The number of amides is 2. The number of carbonyl (C=O) groups excluding carboxylic acids is 2. The van der Waals surface area contributed by atoms with E-state index in [4.69, 9.17) is 66.3 Å². The van der Waals surface area contributed by atoms with Gasteiger partial charge in [0.15, 0.2) is 37.2 Å². The van der Waals surface area contributed by atoms with E-state index in [0.717, 1.165) is 31.6 Å². The van der Waals surface area contributed by atoms with Gasteiger partial charge < -0.3 is 148 Å². The van der Waals surface area contributed by atoms with E-state index >= 15 is 9.59 Å². The second-order valence-electron chi connectivity index (χ2n) is 30.4. The molecule has 0 aliphatic carbocycles. The van der Waals surface area contributed by atoms with Crippen molar-refractivity contribution in [2.75, 3.05) is 26.4 Å². The number of carbonyl (C=O) groups is 2. The molecule has 0 spiro atoms. The Balaban J connectivity index is 0.759. The molecule has 6 fully saturated rings. The van der Waals surface area contributed by atoms with Gasteiger partial charge in [-0.15, -0.1) is 10.2 Å². The molecular weight excluding hydrogens is 1580 g/mol. The number of hydrogen-bond donors (Lipinski definition) is 16. The van der Waals surface area contributed by atoms with Crippen molar-refractivity contribution in [3.8, 4) is 0 Å². The zero-order valence-corrected chi connectivity index (χ0v) is 64.9. The van der Waals surface area contributed by atoms with Gasteiger partial charge >= 0.3 is 0 Å². The van der Waals surface area contributed by atoms with Crippen molar-refractivity contribution in [3.63, 3.8) is 0 Å². The highest BCUT2D eigenvalue weighted by atomic mass is 16.7. The number of benzene rings is 5. The number of ether oxygens (including phenoxy) is 14. The van der Waals surface area contributed by atoms with Crippen LogP contribution in [0.15, 0.2) is 170 Å². The summed E-state index contributed by atoms with van der Waals surface area (Å²) in [4.78, 5) is 30.6. The van der Waals surface area contributed by atoms with Gasteiger partial charge in [0.25, 0.3) is 11.8 Å². The molecule has 6 saturated heterocycles. The van der Waals surface area contributed by atoms with E-state index in [1.165, 1.54) is 12.4 Å². The third-order valence-corrected chi connectivity index (χ3v) is 22.2. The van der Waals surface area contributed by atoms with Crippen LogP contribution in [0, 0.1) is 0 Å². The molecule has 6 bridgehead atoms. The maximum atomic E-state index is 15.3. The number of nitrogens with zero attached hydrogens (tertiary/aromatic N) is 6. The van der Waals surface area contributed by atoms with Gasteiger partial charge in [0.1, 0.15) is 146 Å². The highest BCUT2D eigenvalue weighted by Gasteiger charge is 2.56. The Morgan fingerprint density at radius 1 is 0.342 bits per heavy atom. The van der Waals surface area contributed by atoms with Crippen LogP contribution in [0.25, 0.3) is 0 Å². The van der Waals surface area contributed by atoms with Crippen molar-refractivity contribution in [1.29, 1.82) is 0 Å². The van der Waals surface area contributed by atoms with Gasteiger partial charge in [0.05, 0.1) is 90.7 Å². The van der Waals surface area contributed by atoms with Crippen LogP contribution in [-0.4, -0.2) is 311 Å². The lowest BCUT2D eigenvalue weighted by atomic mass is 9.90. The van der Waals surface area contributed by atoms with Gasteiger partial charge in [-0.3, -0.25) is 9.59 Å². The van der Waals surface area contributed by atoms with Crippen molar-refractivity contribution in [2.24, 2.45) is 0 Å². The third-order valence-electron chi connectivity index (χ3n) is 22.2. The molecule has 30 atom stereocenters. The highest BCUT2D eigenvalue weighted by molar-refractivity contribution is 5.82. The summed E-state index contributed by atoms with van der Waals surface area (Å²) in [7, 11) is 0. The van der Waals surface area contributed by atoms with Gasteiger partial charge in [-0.25, -0.2) is 9.36 Å². The summed E-state index contributed by atoms with van der Waals surface area (Å²) < 4.78 is 92.7. The predicted octanol–water partition coefficient (Wildman–Crippen LogP) is -2.91. The minimum Gasteiger partial charge on any atom is -0.394 e. The number of aromatic nitrogens is 6. The molecule has 0 saturated carbocycles. The average Bonchev–Trinajstić information content (AvgIpc) is 1.29. The molecule has 650 valence electrons. The predicted molar refractivity (Wildman–Crippen MR) is 406 cm³/mol. The van der Waals surface area contributed by atoms with Crippen molar-refractivity contribution in [1.82, 2.24) is 40.6 Å². The molecular formula is C82H102N8O30. The van der Waals surface area contributed by atoms with E-state index in [9.17, 15) is 71.5 Å². The fourth-order valence-corrected chi connectivity index (χ4v) is 15.6. The molecule has 10 heterocycles. The number of aliphatic hydroxyl groups is 14. The van der Waals surface area contributed by atoms with Crippen LogP contribution in [0.5, 0.6) is 0 Å². The second-order valence-corrected chi connectivity index (χ2v) is 30.4. The quantitative estimate of drug-likeness (QED) is 0.0219. The summed E-state index contributed by atoms with van der Waals surface area (Å²) in [6.07, 6.45) is -39.1. The fraction of sp³-hybridized carbons (Fsp3) is 0.537. The zero-order valence-electron chi connectivity index (χ0n) is 64.9. The Morgan fingerprint density at radius 3 is 1.00 bits per heavy atom. The van der Waals surface area contributed by atoms with E-state index in [1.54, 1.807) is 24.3 Å². The van der Waals surface area contributed by atoms with Crippen molar-refractivity contribution >= 4 is 11.8 Å². The van der Waals surface area contributed by atoms with E-state index < -0.39 is 235 Å². The third kappa shape index (κ3) is 20.7. The summed E-state index contributed by atoms with van der Waals surface area (Å²) in [5.74, 6) is -1.20. The van der Waals surface area contributed by atoms with Gasteiger partial charge in [0.2, 0.25) is 0 Å². The van der Waals surface area contributed by atoms with Crippen molar-refractivity contribution in [2.45, 2.75) is 249 Å². The molecule has 8 aliphatic rings. The van der Waals surface area contributed by atoms with E-state index in [1.807, 2.05) is 133 Å². The Morgan fingerprint density at radius 2 is 0.667 bits per heavy atom. The lowest BCUT2D eigenvalue weighted by Crippen LogP contribution is -2.63. The number of aliphatic hydroxyl groups excluding tert-OH is 14. The van der Waals surface area contributed by atoms with Crippen molar-refractivity contribution < 1.29 is 147 Å². The van der Waals surface area contributed by atoms with Crippen molar-refractivity contribution in [3.05, 3.63) is 215 Å². The molecule has 15 rings (SSSR count). The van der Waals surface area contributed by atoms with Gasteiger partial charge in [-0.2, -0.15) is 0 Å². The fourth-order valence-electron chi connectivity index (χ4n) is 15.6. The SMILES string of the molecule is O=C1NCc2ccc(cc2)CNC(=O)[C@@H]2O[C@@H](C/C=C/C[C@H]3O[C@H]1[C@@H](OCc1cn([C@@H]4O[C@H](CO)[C@@H](O[C@@H]5O[C@H](CO)[C@H](O)[C@H](O)[C@H]5O)[C@H](O)[C@H]4O)nn1)[C@H](OCc1ccccc1)[C@H]3OCc1ccccc1)[C@@H](OCc1ccccc1)[C@H](OCc1ccccc1)[C@H]2OCc1cn([C@@H]2O[C@H](CO)[C@@H](O[C@@H]3O[C@H](CO)[C@H](O)[C@H](O)[C@H]3O)[C@H](O)[C@H]2O)nn1. The lowest BCUT2D eigenvalue weighted by molar-refractivity contribution is -0.347. The molecule has 0 radical (unpaired) electrons. The van der Waals surface area contributed by atoms with E-state index in [0.29, 0.717) is 11.1 Å². The molecule has 8 aliphatic heterocycles. The lowest BCUT2D eigenvalue weighted by Gasteiger charge is -2.46. The Hall–Kier alpha value is -8.06. The van der Waals surface area contributed by atoms with Crippen LogP contribution in [0.1, 0.15) is 70.1 Å². The van der Waals surface area contributed by atoms with Crippen LogP contribution in [0.3, 0.4) is 0 Å². The second kappa shape index (κ2) is 41.4. The minimum absolute atomic E-state index is 0.00664. The van der Waals surface area contributed by atoms with Crippen LogP contribution in [0.2, 0.25) is 0 Å². The Bertz CT molecular complexity index is 4070. The monoisotopic (exact) mass is 1680 g/mol. The molecule has 38 nitrogen and oxygen atoms in total. The summed E-state index contributed by atoms with van der Waals surface area (Å²) in [6, 6.07) is 44.5. The molecule has 120 heavy (non-hydrogen) atoms. The van der Waals surface area contributed by atoms with Crippen LogP contribution >= 0.6 is 0 Å². The Kier molecular flexibility index (Phi) is 30.5. The first-order chi connectivity index (χ1) is 58.3. The van der Waals surface area contributed by atoms with Gasteiger partial charge in [-0.05, 0) is 46.2 Å². The molecule has 2 aromatic heterocycles. The van der Waals surface area contributed by atoms with E-state index in [-0.39, 0.29) is 63.7 Å². The Labute approximate surface area is 687 Å². The number of fused-ring (bicyclic) bond motifs is 8. The molecule has 5 aromatic carbocycles. The molecule has 7 aromatic rings. The summed E-state index contributed by atoms with van der Waals surface area (Å²) >= 11 is 0. The number of rotatable bonds is 28. The molecule has 0 unspecified atom stereocenters. The molecule has 16 N–H and O–H groups in total. The summed E-state index contributed by atoms with van der Waals surface area (Å²) in [5.41, 5.74) is 4.62. The van der Waals surface area contributed by atoms with Crippen LogP contribution in [0.4, 0.5) is 0 Å². The zero-order chi connectivity index (χ0) is 84.1. The van der Waals surface area contributed by atoms with Gasteiger partial charge in [0, 0.05) is 13.1 Å². The van der Waals surface area contributed by atoms with Crippen LogP contribution < -0.4 is 10.6 Å². The standard InChI is InChI=1S/C82H102N8O30/c91-33-53-57(95)59(97)65(103)81(117-53)119-67-55(35-93)115-79(63(101)61(67)99)89-31-49(85-87-89)41-111-73-71(109-39-47-19-9-3-10-20-47)69(107-37-45-15-5-1-6-16-45)51-23-13-14-24-52-70(108-38-46-17-7-2-8-18-46)72(110-40-48-21-11-4-12-22-48)74(76(114-52)78(106)84-30-44-27-25-43(26-28-44)29-83-77(105)75(73)113-51)112-42-50-32-90(88-86-50)80-64(102)62(100)68(56(36-94)116-80)120-82-66(104)60(98)58(96)54(34-92)118-82/h1-22,25-28,31-32,51-76,79-82,91-104H,23-24,29-30,33-42H2,(H,83,105)(H,84,106)/b14-13+/t51-,52+,53-,54-,55-,56-,57+,58+,59+,60+,61-,62-,63-,64-,65-,66-,67-,68-,69+,70-,71-,72+,73+,74-,75+,76-,79-,80-,81+,82+/m1/s1. The van der Waals surface area contributed by atoms with E-state index in [2.05, 4.69) is 31.3 Å². The average molecular weight is 1680 g/mol. The minimum atomic E-state index is -1.89. The largest absolute Gasteiger partial charge is 0.394 e. The van der Waals surface area contributed by atoms with Crippen LogP contribution in [-0.2, 0) is 129 Å². The first kappa shape index (κ1) is 88.3. The maximum Gasteiger partial charge on any atom is 0.252 e. The maximum absolute atomic E-state index is 15.3. The smallest absolute Gasteiger partial charge is 0.252 e. The molecule has 2 amide bonds. The topological polar surface area (TPSA) is 532 Å². The first-order valence-electron chi connectivity index (χ1n) is 39.7.